The molecule has 0 bridgehead atoms. The molecule has 1 amide bonds. The summed E-state index contributed by atoms with van der Waals surface area (Å²) < 4.78 is 22.2. The molecular weight excluding hydrogens is 459 g/mol. The third kappa shape index (κ3) is 5.48. The number of hydrogen-bond acceptors (Lipinski definition) is 7. The number of carbonyl (C=O) groups is 1. The average Bonchev–Trinajstić information content (AvgIpc) is 3.25. The normalized spacial score (nSPS) is 15.7. The highest BCUT2D eigenvalue weighted by Crippen LogP contribution is 2.40. The second-order valence-corrected chi connectivity index (χ2v) is 10.7. The molecule has 0 radical (unpaired) electrons. The van der Waals surface area contributed by atoms with Crippen molar-refractivity contribution < 1.29 is 13.9 Å². The minimum Gasteiger partial charge on any atom is -0.476 e. The van der Waals surface area contributed by atoms with E-state index in [9.17, 15) is 9.18 Å². The van der Waals surface area contributed by atoms with Gasteiger partial charge >= 0.3 is 0 Å². The van der Waals surface area contributed by atoms with E-state index in [1.165, 1.54) is 12.1 Å². The third-order valence-corrected chi connectivity index (χ3v) is 7.68. The van der Waals surface area contributed by atoms with Crippen molar-refractivity contribution in [1.82, 2.24) is 10.3 Å². The highest BCUT2D eigenvalue weighted by molar-refractivity contribution is 8.02. The van der Waals surface area contributed by atoms with Crippen molar-refractivity contribution in [3.05, 3.63) is 65.4 Å². The van der Waals surface area contributed by atoms with Crippen LogP contribution in [0.4, 0.5) is 15.9 Å². The molecule has 0 saturated heterocycles. The number of nitrogens with one attached hydrogen (secondary N) is 1. The van der Waals surface area contributed by atoms with Gasteiger partial charge in [-0.05, 0) is 50.2 Å². The Bertz CT molecular complexity index is 1110. The van der Waals surface area contributed by atoms with Crippen molar-refractivity contribution in [2.75, 3.05) is 43.5 Å². The molecule has 1 N–H and O–H groups in total. The summed E-state index contributed by atoms with van der Waals surface area (Å²) in [5, 5.41) is 5.19. The van der Waals surface area contributed by atoms with Crippen LogP contribution in [0.5, 0.6) is 5.75 Å². The summed E-state index contributed by atoms with van der Waals surface area (Å²) in [7, 11) is 3.79. The summed E-state index contributed by atoms with van der Waals surface area (Å²) in [5.41, 5.74) is 0.966. The van der Waals surface area contributed by atoms with Crippen molar-refractivity contribution in [2.45, 2.75) is 22.5 Å². The van der Waals surface area contributed by atoms with Crippen LogP contribution in [0.3, 0.4) is 0 Å². The zero-order valence-corrected chi connectivity index (χ0v) is 20.5. The maximum absolute atomic E-state index is 14.7. The molecule has 174 valence electrons. The van der Waals surface area contributed by atoms with Crippen LogP contribution in [0, 0.1) is 5.82 Å². The number of nitrogens with zero attached hydrogens (tertiary/aromatic N) is 3. The second kappa shape index (κ2) is 10.1. The number of anilines is 2. The first-order chi connectivity index (χ1) is 15.9. The van der Waals surface area contributed by atoms with Crippen LogP contribution < -0.4 is 19.9 Å². The number of thioether (sulfide) groups is 1. The lowest BCUT2D eigenvalue weighted by Crippen LogP contribution is -2.34. The lowest BCUT2D eigenvalue weighted by atomic mass is 10.2. The molecule has 4 rings (SSSR count). The van der Waals surface area contributed by atoms with E-state index in [4.69, 9.17) is 4.74 Å². The van der Waals surface area contributed by atoms with E-state index in [1.54, 1.807) is 52.4 Å². The Hall–Kier alpha value is -2.62. The van der Waals surface area contributed by atoms with Crippen LogP contribution in [0.2, 0.25) is 0 Å². The number of carbonyl (C=O) groups excluding carboxylic acids is 1. The molecule has 1 aliphatic rings. The third-order valence-electron chi connectivity index (χ3n) is 5.42. The Balaban J connectivity index is 1.64. The van der Waals surface area contributed by atoms with Crippen molar-refractivity contribution in [3.8, 4) is 5.75 Å². The summed E-state index contributed by atoms with van der Waals surface area (Å²) in [6.45, 7) is 3.75. The number of rotatable bonds is 8. The molecule has 0 spiro atoms. The molecule has 9 heteroatoms. The number of fused-ring (bicyclic) bond motifs is 1. The Morgan fingerprint density at radius 1 is 1.27 bits per heavy atom. The predicted molar refractivity (Wildman–Crippen MR) is 133 cm³/mol. The number of hydrogen-bond donors (Lipinski definition) is 1. The minimum absolute atomic E-state index is 0.204. The number of halogens is 1. The zero-order valence-electron chi connectivity index (χ0n) is 18.9. The zero-order chi connectivity index (χ0) is 23.4. The van der Waals surface area contributed by atoms with Gasteiger partial charge in [-0.2, -0.15) is 0 Å². The van der Waals surface area contributed by atoms with Crippen LogP contribution in [0.1, 0.15) is 23.7 Å². The van der Waals surface area contributed by atoms with Gasteiger partial charge in [-0.1, -0.05) is 17.8 Å². The molecule has 0 aliphatic carbocycles. The van der Waals surface area contributed by atoms with Gasteiger partial charge in [0.15, 0.2) is 4.93 Å². The Morgan fingerprint density at radius 2 is 2.12 bits per heavy atom. The van der Waals surface area contributed by atoms with Gasteiger partial charge in [-0.15, -0.1) is 11.3 Å². The fraction of sp³-hybridized carbons (Fsp3) is 0.333. The van der Waals surface area contributed by atoms with Crippen LogP contribution in [0.15, 0.2) is 58.3 Å². The summed E-state index contributed by atoms with van der Waals surface area (Å²) in [5.74, 6) is 0.371. The molecule has 1 atom stereocenters. The van der Waals surface area contributed by atoms with Crippen LogP contribution in [-0.4, -0.2) is 49.6 Å². The van der Waals surface area contributed by atoms with Gasteiger partial charge < -0.3 is 19.9 Å². The van der Waals surface area contributed by atoms with Gasteiger partial charge in [0.05, 0.1) is 15.5 Å². The summed E-state index contributed by atoms with van der Waals surface area (Å²) >= 11 is 3.26. The van der Waals surface area contributed by atoms with Gasteiger partial charge in [0.1, 0.15) is 17.4 Å². The van der Waals surface area contributed by atoms with Gasteiger partial charge in [0, 0.05) is 44.9 Å². The monoisotopic (exact) mass is 486 g/mol. The lowest BCUT2D eigenvalue weighted by molar-refractivity contribution is 0.0990. The van der Waals surface area contributed by atoms with Gasteiger partial charge in [-0.25, -0.2) is 9.37 Å². The van der Waals surface area contributed by atoms with E-state index in [0.717, 1.165) is 10.8 Å². The predicted octanol–water partition coefficient (Wildman–Crippen LogP) is 4.88. The first-order valence-electron chi connectivity index (χ1n) is 10.7. The molecule has 2 aromatic heterocycles. The number of thiophene rings is 1. The molecule has 1 unspecified atom stereocenters. The lowest BCUT2D eigenvalue weighted by Gasteiger charge is -2.30. The van der Waals surface area contributed by atoms with E-state index < -0.39 is 10.8 Å². The largest absolute Gasteiger partial charge is 0.476 e. The number of likely N-dealkylation sites (N-methyl/N-ethyl adjacent to an activating group) is 1. The second-order valence-electron chi connectivity index (χ2n) is 8.02. The quantitative estimate of drug-likeness (QED) is 0.362. The van der Waals surface area contributed by atoms with E-state index in [2.05, 4.69) is 10.3 Å². The standard InChI is InChI=1S/C24H27FN4O2S2/c1-24(8-10-26-2,33-21-7-5-13-32-21)31-19-15-17(25)14-18(16-19)29-12-11-28(3)22-20(23(29)30)6-4-9-27-22/h4-7,9,13-16,26H,8,10-12H2,1-3H3. The fourth-order valence-corrected chi connectivity index (χ4v) is 5.99. The molecule has 6 nitrogen and oxygen atoms in total. The smallest absolute Gasteiger partial charge is 0.262 e. The topological polar surface area (TPSA) is 57.7 Å². The van der Waals surface area contributed by atoms with E-state index in [-0.39, 0.29) is 5.91 Å². The fourth-order valence-electron chi connectivity index (χ4n) is 3.74. The number of benzene rings is 1. The molecule has 1 aliphatic heterocycles. The van der Waals surface area contributed by atoms with Crippen molar-refractivity contribution in [1.29, 1.82) is 0 Å². The van der Waals surface area contributed by atoms with E-state index in [1.807, 2.05) is 43.4 Å². The number of pyridine rings is 1. The number of ether oxygens (including phenoxy) is 1. The first-order valence-corrected chi connectivity index (χ1v) is 12.4. The van der Waals surface area contributed by atoms with Crippen molar-refractivity contribution in [3.63, 3.8) is 0 Å². The summed E-state index contributed by atoms with van der Waals surface area (Å²) in [6, 6.07) is 12.0. The number of aromatic nitrogens is 1. The molecular formula is C24H27FN4O2S2. The van der Waals surface area contributed by atoms with E-state index in [0.29, 0.717) is 42.3 Å². The van der Waals surface area contributed by atoms with Gasteiger partial charge in [0.2, 0.25) is 0 Å². The molecule has 0 fully saturated rings. The maximum Gasteiger partial charge on any atom is 0.262 e. The van der Waals surface area contributed by atoms with Crippen molar-refractivity contribution >= 4 is 40.5 Å². The van der Waals surface area contributed by atoms with E-state index >= 15 is 0 Å². The molecule has 33 heavy (non-hydrogen) atoms. The Morgan fingerprint density at radius 3 is 2.88 bits per heavy atom. The first kappa shape index (κ1) is 23.5. The maximum atomic E-state index is 14.7. The van der Waals surface area contributed by atoms with Crippen LogP contribution >= 0.6 is 23.1 Å². The summed E-state index contributed by atoms with van der Waals surface area (Å²) in [4.78, 5) is 20.6. The van der Waals surface area contributed by atoms with Gasteiger partial charge in [0.25, 0.3) is 5.91 Å². The Labute approximate surface area is 201 Å². The van der Waals surface area contributed by atoms with Crippen LogP contribution in [0.25, 0.3) is 0 Å². The highest BCUT2D eigenvalue weighted by atomic mass is 32.2. The van der Waals surface area contributed by atoms with Crippen LogP contribution in [-0.2, 0) is 0 Å². The molecule has 3 heterocycles. The summed E-state index contributed by atoms with van der Waals surface area (Å²) in [6.07, 6.45) is 2.38. The average molecular weight is 487 g/mol. The Kier molecular flexibility index (Phi) is 7.21. The molecule has 3 aromatic rings. The SMILES string of the molecule is CNCCC(C)(Oc1cc(F)cc(N2CCN(C)c3ncccc3C2=O)c1)Sc1cccs1. The molecule has 0 saturated carbocycles. The minimum atomic E-state index is -0.613. The van der Waals surface area contributed by atoms with Crippen molar-refractivity contribution in [2.24, 2.45) is 0 Å². The number of amides is 1. The molecule has 1 aromatic carbocycles. The highest BCUT2D eigenvalue weighted by Gasteiger charge is 2.30. The van der Waals surface area contributed by atoms with Gasteiger partial charge in [-0.3, -0.25) is 4.79 Å².